The maximum atomic E-state index is 12.4. The maximum absolute atomic E-state index is 12.4. The van der Waals surface area contributed by atoms with Gasteiger partial charge in [-0.05, 0) is 30.3 Å². The molecule has 1 heterocycles. The highest BCUT2D eigenvalue weighted by Crippen LogP contribution is 2.29. The van der Waals surface area contributed by atoms with Gasteiger partial charge in [-0.15, -0.1) is 11.8 Å². The lowest BCUT2D eigenvalue weighted by Gasteiger charge is -2.07. The van der Waals surface area contributed by atoms with Gasteiger partial charge < -0.3 is 4.74 Å². The maximum Gasteiger partial charge on any atom is 0.173 e. The molecule has 0 unspecified atom stereocenters. The van der Waals surface area contributed by atoms with Crippen LogP contribution >= 0.6 is 23.4 Å². The standard InChI is InChI=1S/C18H14ClNO2S/c1-22-17-7-6-12(10-14(17)19)16(21)11-23-18-8-9-20-15-5-3-2-4-13(15)18/h2-10H,11H2,1H3. The van der Waals surface area contributed by atoms with E-state index in [0.717, 1.165) is 15.8 Å². The van der Waals surface area contributed by atoms with Crippen molar-refractivity contribution in [3.63, 3.8) is 0 Å². The number of nitrogens with zero attached hydrogens (tertiary/aromatic N) is 1. The molecule has 0 aliphatic carbocycles. The minimum Gasteiger partial charge on any atom is -0.495 e. The number of carbonyl (C=O) groups excluding carboxylic acids is 1. The molecule has 5 heteroatoms. The molecule has 3 nitrogen and oxygen atoms in total. The minimum absolute atomic E-state index is 0.0282. The summed E-state index contributed by atoms with van der Waals surface area (Å²) in [7, 11) is 1.55. The van der Waals surface area contributed by atoms with Gasteiger partial charge in [0.1, 0.15) is 5.75 Å². The molecule has 23 heavy (non-hydrogen) atoms. The molecule has 0 saturated carbocycles. The van der Waals surface area contributed by atoms with Gasteiger partial charge in [0.25, 0.3) is 0 Å². The summed E-state index contributed by atoms with van der Waals surface area (Å²) in [6.45, 7) is 0. The number of para-hydroxylation sites is 1. The first kappa shape index (κ1) is 15.8. The minimum atomic E-state index is 0.0282. The number of benzene rings is 2. The molecule has 116 valence electrons. The van der Waals surface area contributed by atoms with Crippen molar-refractivity contribution in [3.05, 3.63) is 65.3 Å². The molecule has 0 radical (unpaired) electrons. The fourth-order valence-corrected chi connectivity index (χ4v) is 3.46. The van der Waals surface area contributed by atoms with Gasteiger partial charge >= 0.3 is 0 Å². The Kier molecular flexibility index (Phi) is 4.84. The molecule has 0 aliphatic rings. The van der Waals surface area contributed by atoms with Gasteiger partial charge in [0, 0.05) is 22.0 Å². The number of methoxy groups -OCH3 is 1. The number of pyridine rings is 1. The van der Waals surface area contributed by atoms with Gasteiger partial charge in [-0.25, -0.2) is 0 Å². The fraction of sp³-hybridized carbons (Fsp3) is 0.111. The van der Waals surface area contributed by atoms with E-state index in [1.165, 1.54) is 11.8 Å². The zero-order valence-electron chi connectivity index (χ0n) is 12.5. The van der Waals surface area contributed by atoms with E-state index < -0.39 is 0 Å². The predicted octanol–water partition coefficient (Wildman–Crippen LogP) is 4.87. The Bertz CT molecular complexity index is 861. The smallest absolute Gasteiger partial charge is 0.173 e. The number of carbonyl (C=O) groups is 1. The lowest BCUT2D eigenvalue weighted by Crippen LogP contribution is -2.02. The molecule has 0 N–H and O–H groups in total. The lowest BCUT2D eigenvalue weighted by atomic mass is 10.1. The van der Waals surface area contributed by atoms with Crippen LogP contribution in [0.4, 0.5) is 0 Å². The lowest BCUT2D eigenvalue weighted by molar-refractivity contribution is 0.102. The van der Waals surface area contributed by atoms with Crippen LogP contribution in [-0.2, 0) is 0 Å². The second kappa shape index (κ2) is 7.02. The van der Waals surface area contributed by atoms with Crippen molar-refractivity contribution in [3.8, 4) is 5.75 Å². The number of Topliss-reactive ketones (excluding diaryl/α,β-unsaturated/α-hetero) is 1. The summed E-state index contributed by atoms with van der Waals surface area (Å²) in [4.78, 5) is 17.7. The molecule has 0 amide bonds. The second-order valence-corrected chi connectivity index (χ2v) is 6.31. The number of halogens is 1. The summed E-state index contributed by atoms with van der Waals surface area (Å²) in [5.41, 5.74) is 1.51. The highest BCUT2D eigenvalue weighted by molar-refractivity contribution is 8.00. The van der Waals surface area contributed by atoms with Crippen LogP contribution in [-0.4, -0.2) is 23.6 Å². The van der Waals surface area contributed by atoms with Crippen LogP contribution in [0, 0.1) is 0 Å². The molecule has 0 fully saturated rings. The Labute approximate surface area is 143 Å². The number of hydrogen-bond acceptors (Lipinski definition) is 4. The third-order valence-electron chi connectivity index (χ3n) is 3.44. The van der Waals surface area contributed by atoms with Crippen molar-refractivity contribution in [1.82, 2.24) is 4.98 Å². The summed E-state index contributed by atoms with van der Waals surface area (Å²) in [6, 6.07) is 14.9. The first-order valence-electron chi connectivity index (χ1n) is 7.02. The largest absolute Gasteiger partial charge is 0.495 e. The normalized spacial score (nSPS) is 10.7. The molecule has 1 aromatic heterocycles. The molecule has 3 rings (SSSR count). The highest BCUT2D eigenvalue weighted by Gasteiger charge is 2.11. The number of ketones is 1. The van der Waals surface area contributed by atoms with Crippen LogP contribution in [0.1, 0.15) is 10.4 Å². The van der Waals surface area contributed by atoms with Crippen molar-refractivity contribution in [2.24, 2.45) is 0 Å². The van der Waals surface area contributed by atoms with E-state index >= 15 is 0 Å². The third-order valence-corrected chi connectivity index (χ3v) is 4.81. The van der Waals surface area contributed by atoms with E-state index in [2.05, 4.69) is 4.98 Å². The van der Waals surface area contributed by atoms with Gasteiger partial charge in [0.2, 0.25) is 0 Å². The van der Waals surface area contributed by atoms with Crippen LogP contribution in [0.2, 0.25) is 5.02 Å². The number of thioether (sulfide) groups is 1. The van der Waals surface area contributed by atoms with Gasteiger partial charge in [0.05, 0.1) is 23.4 Å². The van der Waals surface area contributed by atoms with Crippen molar-refractivity contribution in [2.45, 2.75) is 4.90 Å². The van der Waals surface area contributed by atoms with E-state index in [1.54, 1.807) is 31.5 Å². The number of rotatable bonds is 5. The van der Waals surface area contributed by atoms with Gasteiger partial charge in [-0.1, -0.05) is 29.8 Å². The molecular formula is C18H14ClNO2S. The zero-order chi connectivity index (χ0) is 16.2. The topological polar surface area (TPSA) is 39.2 Å². The van der Waals surface area contributed by atoms with Crippen LogP contribution in [0.15, 0.2) is 59.6 Å². The average Bonchev–Trinajstić information content (AvgIpc) is 2.59. The summed E-state index contributed by atoms with van der Waals surface area (Å²) >= 11 is 7.58. The monoisotopic (exact) mass is 343 g/mol. The number of aromatic nitrogens is 1. The van der Waals surface area contributed by atoms with Crippen LogP contribution in [0.5, 0.6) is 5.75 Å². The second-order valence-electron chi connectivity index (χ2n) is 4.89. The molecule has 0 spiro atoms. The van der Waals surface area contributed by atoms with E-state index in [9.17, 15) is 4.79 Å². The Morgan fingerprint density at radius 3 is 2.83 bits per heavy atom. The Balaban J connectivity index is 1.77. The fourth-order valence-electron chi connectivity index (χ4n) is 2.26. The van der Waals surface area contributed by atoms with Crippen LogP contribution in [0.25, 0.3) is 10.9 Å². The zero-order valence-corrected chi connectivity index (χ0v) is 14.0. The quantitative estimate of drug-likeness (QED) is 0.489. The van der Waals surface area contributed by atoms with Crippen molar-refractivity contribution in [1.29, 1.82) is 0 Å². The number of hydrogen-bond donors (Lipinski definition) is 0. The molecular weight excluding hydrogens is 330 g/mol. The summed E-state index contributed by atoms with van der Waals surface area (Å²) in [5, 5.41) is 1.50. The number of fused-ring (bicyclic) bond motifs is 1. The van der Waals surface area contributed by atoms with Gasteiger partial charge in [0.15, 0.2) is 5.78 Å². The SMILES string of the molecule is COc1ccc(C(=O)CSc2ccnc3ccccc23)cc1Cl. The first-order chi connectivity index (χ1) is 11.2. The Morgan fingerprint density at radius 1 is 1.22 bits per heavy atom. The molecule has 3 aromatic rings. The van der Waals surface area contributed by atoms with Crippen LogP contribution < -0.4 is 4.74 Å². The Morgan fingerprint density at radius 2 is 2.04 bits per heavy atom. The molecule has 0 saturated heterocycles. The summed E-state index contributed by atoms with van der Waals surface area (Å²) in [5.74, 6) is 0.938. The highest BCUT2D eigenvalue weighted by atomic mass is 35.5. The van der Waals surface area contributed by atoms with Crippen molar-refractivity contribution < 1.29 is 9.53 Å². The summed E-state index contributed by atoms with van der Waals surface area (Å²) in [6.07, 6.45) is 1.76. The molecule has 2 aromatic carbocycles. The molecule has 0 bridgehead atoms. The van der Waals surface area contributed by atoms with E-state index in [1.807, 2.05) is 30.3 Å². The number of ether oxygens (including phenoxy) is 1. The van der Waals surface area contributed by atoms with Gasteiger partial charge in [-0.3, -0.25) is 9.78 Å². The van der Waals surface area contributed by atoms with E-state index in [-0.39, 0.29) is 5.78 Å². The Hall–Kier alpha value is -2.04. The van der Waals surface area contributed by atoms with E-state index in [4.69, 9.17) is 16.3 Å². The molecule has 0 aliphatic heterocycles. The van der Waals surface area contributed by atoms with Crippen molar-refractivity contribution in [2.75, 3.05) is 12.9 Å². The van der Waals surface area contributed by atoms with Crippen molar-refractivity contribution >= 4 is 40.0 Å². The average molecular weight is 344 g/mol. The summed E-state index contributed by atoms with van der Waals surface area (Å²) < 4.78 is 5.10. The predicted molar refractivity (Wildman–Crippen MR) is 94.8 cm³/mol. The third kappa shape index (κ3) is 3.49. The molecule has 0 atom stereocenters. The first-order valence-corrected chi connectivity index (χ1v) is 8.38. The van der Waals surface area contributed by atoms with E-state index in [0.29, 0.717) is 22.1 Å². The van der Waals surface area contributed by atoms with Crippen LogP contribution in [0.3, 0.4) is 0 Å². The van der Waals surface area contributed by atoms with Gasteiger partial charge in [-0.2, -0.15) is 0 Å².